The molecule has 2 rings (SSSR count). The van der Waals surface area contributed by atoms with Gasteiger partial charge in [0.05, 0.1) is 5.75 Å². The Morgan fingerprint density at radius 3 is 2.85 bits per heavy atom. The lowest BCUT2D eigenvalue weighted by atomic mass is 10.4. The van der Waals surface area contributed by atoms with E-state index in [4.69, 9.17) is 0 Å². The van der Waals surface area contributed by atoms with Crippen LogP contribution in [0.25, 0.3) is 0 Å². The summed E-state index contributed by atoms with van der Waals surface area (Å²) in [6.45, 7) is 1.42. The number of aromatic nitrogens is 2. The van der Waals surface area contributed by atoms with Crippen LogP contribution in [0.15, 0.2) is 47.6 Å². The van der Waals surface area contributed by atoms with E-state index in [2.05, 4.69) is 10.4 Å². The highest BCUT2D eigenvalue weighted by Crippen LogP contribution is 2.17. The highest BCUT2D eigenvalue weighted by atomic mass is 32.2. The van der Waals surface area contributed by atoms with Crippen LogP contribution >= 0.6 is 11.8 Å². The number of nitrogens with zero attached hydrogens (tertiary/aromatic N) is 2. The molecule has 0 aliphatic rings. The average Bonchev–Trinajstić information content (AvgIpc) is 2.96. The molecule has 1 aromatic carbocycles. The van der Waals surface area contributed by atoms with Crippen molar-refractivity contribution in [1.29, 1.82) is 0 Å². The molecule has 0 spiro atoms. The second kappa shape index (κ2) is 7.69. The molecule has 1 N–H and O–H groups in total. The molecule has 0 bridgehead atoms. The molecule has 4 nitrogen and oxygen atoms in total. The van der Waals surface area contributed by atoms with Crippen LogP contribution in [0.3, 0.4) is 0 Å². The SMILES string of the molecule is O=C(CSc1ccc(F)cc1)NCCCn1cccn1. The second-order valence-electron chi connectivity index (χ2n) is 4.22. The lowest BCUT2D eigenvalue weighted by Gasteiger charge is -2.05. The molecule has 0 saturated carbocycles. The number of carbonyl (C=O) groups excluding carboxylic acids is 1. The van der Waals surface area contributed by atoms with Gasteiger partial charge in [-0.15, -0.1) is 11.8 Å². The van der Waals surface area contributed by atoms with Gasteiger partial charge in [-0.25, -0.2) is 4.39 Å². The predicted octanol–water partition coefficient (Wildman–Crippen LogP) is 2.32. The van der Waals surface area contributed by atoms with E-state index in [9.17, 15) is 9.18 Å². The summed E-state index contributed by atoms with van der Waals surface area (Å²) in [6.07, 6.45) is 4.47. The first-order chi connectivity index (χ1) is 9.74. The number of nitrogens with one attached hydrogen (secondary N) is 1. The molecule has 1 aromatic heterocycles. The zero-order chi connectivity index (χ0) is 14.2. The summed E-state index contributed by atoms with van der Waals surface area (Å²) < 4.78 is 14.5. The van der Waals surface area contributed by atoms with Crippen LogP contribution in [-0.4, -0.2) is 28.0 Å². The molecular formula is C14H16FN3OS. The van der Waals surface area contributed by atoms with E-state index in [1.807, 2.05) is 16.9 Å². The van der Waals surface area contributed by atoms with Crippen LogP contribution in [0.1, 0.15) is 6.42 Å². The van der Waals surface area contributed by atoms with Gasteiger partial charge >= 0.3 is 0 Å². The summed E-state index contributed by atoms with van der Waals surface area (Å²) in [5.74, 6) is 0.0603. The highest BCUT2D eigenvalue weighted by molar-refractivity contribution is 8.00. The van der Waals surface area contributed by atoms with Crippen molar-refractivity contribution in [2.45, 2.75) is 17.9 Å². The molecule has 20 heavy (non-hydrogen) atoms. The Bertz CT molecular complexity index is 528. The summed E-state index contributed by atoms with van der Waals surface area (Å²) in [5, 5.41) is 6.94. The van der Waals surface area contributed by atoms with Gasteiger partial charge < -0.3 is 5.32 Å². The Morgan fingerprint density at radius 2 is 2.15 bits per heavy atom. The van der Waals surface area contributed by atoms with Gasteiger partial charge in [-0.1, -0.05) is 0 Å². The van der Waals surface area contributed by atoms with Crippen LogP contribution in [0.2, 0.25) is 0 Å². The van der Waals surface area contributed by atoms with E-state index in [0.717, 1.165) is 17.9 Å². The molecule has 6 heteroatoms. The van der Waals surface area contributed by atoms with E-state index < -0.39 is 0 Å². The van der Waals surface area contributed by atoms with Crippen LogP contribution in [-0.2, 0) is 11.3 Å². The Balaban J connectivity index is 1.59. The van der Waals surface area contributed by atoms with E-state index in [1.165, 1.54) is 23.9 Å². The molecule has 0 radical (unpaired) electrons. The van der Waals surface area contributed by atoms with Crippen molar-refractivity contribution in [2.75, 3.05) is 12.3 Å². The van der Waals surface area contributed by atoms with Gasteiger partial charge in [0.15, 0.2) is 0 Å². The number of hydrogen-bond donors (Lipinski definition) is 1. The number of aryl methyl sites for hydroxylation is 1. The molecule has 0 saturated heterocycles. The van der Waals surface area contributed by atoms with Crippen LogP contribution in [0.4, 0.5) is 4.39 Å². The maximum Gasteiger partial charge on any atom is 0.230 e. The molecule has 1 heterocycles. The number of rotatable bonds is 7. The average molecular weight is 293 g/mol. The summed E-state index contributed by atoms with van der Waals surface area (Å²) in [6, 6.07) is 8.00. The predicted molar refractivity (Wildman–Crippen MR) is 77.0 cm³/mol. The maximum absolute atomic E-state index is 12.7. The van der Waals surface area contributed by atoms with Crippen molar-refractivity contribution in [1.82, 2.24) is 15.1 Å². The fraction of sp³-hybridized carbons (Fsp3) is 0.286. The van der Waals surface area contributed by atoms with Crippen molar-refractivity contribution >= 4 is 17.7 Å². The summed E-state index contributed by atoms with van der Waals surface area (Å²) in [4.78, 5) is 12.5. The third kappa shape index (κ3) is 5.05. The molecular weight excluding hydrogens is 277 g/mol. The third-order valence-corrected chi connectivity index (χ3v) is 3.64. The van der Waals surface area contributed by atoms with Crippen molar-refractivity contribution in [3.63, 3.8) is 0 Å². The first-order valence-corrected chi connectivity index (χ1v) is 7.35. The van der Waals surface area contributed by atoms with Gasteiger partial charge in [0.25, 0.3) is 0 Å². The molecule has 2 aromatic rings. The Morgan fingerprint density at radius 1 is 1.35 bits per heavy atom. The minimum Gasteiger partial charge on any atom is -0.355 e. The molecule has 106 valence electrons. The van der Waals surface area contributed by atoms with Gasteiger partial charge in [-0.05, 0) is 36.8 Å². The fourth-order valence-corrected chi connectivity index (χ4v) is 2.36. The number of carbonyl (C=O) groups is 1. The minimum atomic E-state index is -0.266. The molecule has 0 unspecified atom stereocenters. The van der Waals surface area contributed by atoms with Gasteiger partial charge in [0.1, 0.15) is 5.82 Å². The smallest absolute Gasteiger partial charge is 0.230 e. The van der Waals surface area contributed by atoms with Gasteiger partial charge in [0, 0.05) is 30.4 Å². The van der Waals surface area contributed by atoms with E-state index in [-0.39, 0.29) is 11.7 Å². The lowest BCUT2D eigenvalue weighted by molar-refractivity contribution is -0.118. The number of benzene rings is 1. The topological polar surface area (TPSA) is 46.9 Å². The summed E-state index contributed by atoms with van der Waals surface area (Å²) in [5.41, 5.74) is 0. The van der Waals surface area contributed by atoms with E-state index >= 15 is 0 Å². The monoisotopic (exact) mass is 293 g/mol. The zero-order valence-electron chi connectivity index (χ0n) is 11.0. The number of halogens is 1. The highest BCUT2D eigenvalue weighted by Gasteiger charge is 2.02. The molecule has 0 atom stereocenters. The second-order valence-corrected chi connectivity index (χ2v) is 5.26. The van der Waals surface area contributed by atoms with Crippen LogP contribution in [0.5, 0.6) is 0 Å². The summed E-state index contributed by atoms with van der Waals surface area (Å²) in [7, 11) is 0. The standard InChI is InChI=1S/C14H16FN3OS/c15-12-3-5-13(6-4-12)20-11-14(19)16-7-1-9-18-10-2-8-17-18/h2-6,8,10H,1,7,9,11H2,(H,16,19). The lowest BCUT2D eigenvalue weighted by Crippen LogP contribution is -2.26. The van der Waals surface area contributed by atoms with E-state index in [1.54, 1.807) is 18.3 Å². The van der Waals surface area contributed by atoms with Gasteiger partial charge in [0.2, 0.25) is 5.91 Å². The van der Waals surface area contributed by atoms with Crippen molar-refractivity contribution in [2.24, 2.45) is 0 Å². The Labute approximate surface area is 121 Å². The minimum absolute atomic E-state index is 0.0141. The number of hydrogen-bond acceptors (Lipinski definition) is 3. The van der Waals surface area contributed by atoms with Gasteiger partial charge in [-0.3, -0.25) is 9.48 Å². The third-order valence-electron chi connectivity index (χ3n) is 2.63. The Hall–Kier alpha value is -1.82. The van der Waals surface area contributed by atoms with Crippen molar-refractivity contribution < 1.29 is 9.18 Å². The zero-order valence-corrected chi connectivity index (χ0v) is 11.8. The molecule has 0 aliphatic carbocycles. The van der Waals surface area contributed by atoms with Crippen LogP contribution < -0.4 is 5.32 Å². The van der Waals surface area contributed by atoms with Crippen LogP contribution in [0, 0.1) is 5.82 Å². The quantitative estimate of drug-likeness (QED) is 0.629. The molecule has 0 aliphatic heterocycles. The first kappa shape index (κ1) is 14.6. The Kier molecular flexibility index (Phi) is 5.61. The fourth-order valence-electron chi connectivity index (χ4n) is 1.63. The van der Waals surface area contributed by atoms with Crippen molar-refractivity contribution in [3.8, 4) is 0 Å². The van der Waals surface area contributed by atoms with Gasteiger partial charge in [-0.2, -0.15) is 5.10 Å². The molecule has 1 amide bonds. The number of thioether (sulfide) groups is 1. The largest absolute Gasteiger partial charge is 0.355 e. The number of amides is 1. The first-order valence-electron chi connectivity index (χ1n) is 6.36. The van der Waals surface area contributed by atoms with Crippen molar-refractivity contribution in [3.05, 3.63) is 48.5 Å². The van der Waals surface area contributed by atoms with E-state index in [0.29, 0.717) is 12.3 Å². The normalized spacial score (nSPS) is 10.4. The molecule has 0 fully saturated rings. The summed E-state index contributed by atoms with van der Waals surface area (Å²) >= 11 is 1.40. The maximum atomic E-state index is 12.7.